The highest BCUT2D eigenvalue weighted by molar-refractivity contribution is 7.98. The minimum atomic E-state index is -0.302. The summed E-state index contributed by atoms with van der Waals surface area (Å²) in [5.74, 6) is 0.974. The zero-order chi connectivity index (χ0) is 17.9. The lowest BCUT2D eigenvalue weighted by Crippen LogP contribution is -1.96. The van der Waals surface area contributed by atoms with E-state index in [4.69, 9.17) is 4.42 Å². The first-order valence-electron chi connectivity index (χ1n) is 7.82. The number of nitrogens with zero attached hydrogens (tertiary/aromatic N) is 3. The highest BCUT2D eigenvalue weighted by Crippen LogP contribution is 2.27. The van der Waals surface area contributed by atoms with Crippen LogP contribution in [0.25, 0.3) is 17.0 Å². The molecule has 0 saturated carbocycles. The molecule has 0 amide bonds. The number of aromatic nitrogens is 3. The van der Waals surface area contributed by atoms with Gasteiger partial charge in [0.1, 0.15) is 11.6 Å². The van der Waals surface area contributed by atoms with Crippen LogP contribution in [0.15, 0.2) is 76.7 Å². The van der Waals surface area contributed by atoms with Gasteiger partial charge in [-0.2, -0.15) is 0 Å². The molecule has 4 nitrogen and oxygen atoms in total. The van der Waals surface area contributed by atoms with Gasteiger partial charge in [-0.25, -0.2) is 18.7 Å². The van der Waals surface area contributed by atoms with Crippen molar-refractivity contribution in [1.82, 2.24) is 14.5 Å². The molecule has 0 aliphatic heterocycles. The fourth-order valence-electron chi connectivity index (χ4n) is 2.47. The van der Waals surface area contributed by atoms with Crippen LogP contribution in [0.4, 0.5) is 8.78 Å². The molecule has 0 fully saturated rings. The van der Waals surface area contributed by atoms with Crippen LogP contribution in [0.2, 0.25) is 0 Å². The van der Waals surface area contributed by atoms with Crippen molar-refractivity contribution in [2.75, 3.05) is 0 Å². The summed E-state index contributed by atoms with van der Waals surface area (Å²) in [4.78, 5) is 8.56. The van der Waals surface area contributed by atoms with E-state index in [9.17, 15) is 8.78 Å². The summed E-state index contributed by atoms with van der Waals surface area (Å²) in [7, 11) is 0. The second-order valence-corrected chi connectivity index (χ2v) is 6.42. The van der Waals surface area contributed by atoms with Crippen LogP contribution in [0.1, 0.15) is 5.89 Å². The molecule has 0 bridgehead atoms. The van der Waals surface area contributed by atoms with Gasteiger partial charge >= 0.3 is 0 Å². The Labute approximate surface area is 152 Å². The maximum Gasteiger partial charge on any atom is 0.205 e. The van der Waals surface area contributed by atoms with E-state index in [2.05, 4.69) is 9.97 Å². The maximum absolute atomic E-state index is 13.4. The smallest absolute Gasteiger partial charge is 0.205 e. The van der Waals surface area contributed by atoms with E-state index in [0.717, 1.165) is 5.56 Å². The van der Waals surface area contributed by atoms with Crippen molar-refractivity contribution < 1.29 is 13.2 Å². The van der Waals surface area contributed by atoms with Crippen LogP contribution < -0.4 is 0 Å². The molecule has 7 heteroatoms. The third-order valence-electron chi connectivity index (χ3n) is 3.70. The van der Waals surface area contributed by atoms with Gasteiger partial charge in [-0.05, 0) is 42.5 Å². The normalized spacial score (nSPS) is 11.0. The molecular formula is C19H13F2N3OS. The van der Waals surface area contributed by atoms with E-state index in [0.29, 0.717) is 28.2 Å². The fraction of sp³-hybridized carbons (Fsp3) is 0.0526. The maximum atomic E-state index is 13.4. The lowest BCUT2D eigenvalue weighted by molar-refractivity contribution is 0.529. The lowest BCUT2D eigenvalue weighted by Gasteiger charge is -2.06. The van der Waals surface area contributed by atoms with E-state index in [1.54, 1.807) is 41.4 Å². The molecule has 0 saturated heterocycles. The Morgan fingerprint density at radius 3 is 2.65 bits per heavy atom. The number of imidazole rings is 1. The monoisotopic (exact) mass is 369 g/mol. The van der Waals surface area contributed by atoms with Crippen LogP contribution in [-0.2, 0) is 5.75 Å². The van der Waals surface area contributed by atoms with Crippen molar-refractivity contribution in [3.8, 4) is 17.0 Å². The molecule has 2 aromatic carbocycles. The molecule has 0 spiro atoms. The fourth-order valence-corrected chi connectivity index (χ4v) is 3.30. The number of halogens is 2. The summed E-state index contributed by atoms with van der Waals surface area (Å²) in [5, 5.41) is 0.706. The minimum absolute atomic E-state index is 0.298. The van der Waals surface area contributed by atoms with Crippen LogP contribution in [-0.4, -0.2) is 14.5 Å². The van der Waals surface area contributed by atoms with Crippen LogP contribution in [0, 0.1) is 11.6 Å². The minimum Gasteiger partial charge on any atom is -0.440 e. The lowest BCUT2D eigenvalue weighted by atomic mass is 10.2. The molecule has 130 valence electrons. The Morgan fingerprint density at radius 2 is 1.85 bits per heavy atom. The third kappa shape index (κ3) is 3.52. The second kappa shape index (κ2) is 7.13. The number of oxazole rings is 1. The Bertz CT molecular complexity index is 1030. The topological polar surface area (TPSA) is 43.9 Å². The Morgan fingerprint density at radius 1 is 1.00 bits per heavy atom. The van der Waals surface area contributed by atoms with Gasteiger partial charge < -0.3 is 4.42 Å². The second-order valence-electron chi connectivity index (χ2n) is 5.47. The van der Waals surface area contributed by atoms with Gasteiger partial charge in [0.25, 0.3) is 0 Å². The molecule has 2 heterocycles. The van der Waals surface area contributed by atoms with Crippen LogP contribution in [0.5, 0.6) is 0 Å². The summed E-state index contributed by atoms with van der Waals surface area (Å²) in [6, 6.07) is 12.4. The first-order valence-corrected chi connectivity index (χ1v) is 8.80. The average Bonchev–Trinajstić information content (AvgIpc) is 3.30. The quantitative estimate of drug-likeness (QED) is 0.459. The summed E-state index contributed by atoms with van der Waals surface area (Å²) in [6.45, 7) is 0. The Balaban J connectivity index is 1.49. The molecule has 0 N–H and O–H groups in total. The zero-order valence-electron chi connectivity index (χ0n) is 13.5. The van der Waals surface area contributed by atoms with Gasteiger partial charge in [-0.3, -0.25) is 4.57 Å². The molecule has 4 aromatic rings. The largest absolute Gasteiger partial charge is 0.440 e. The van der Waals surface area contributed by atoms with Crippen molar-refractivity contribution in [2.45, 2.75) is 10.9 Å². The predicted octanol–water partition coefficient (Wildman–Crippen LogP) is 5.10. The van der Waals surface area contributed by atoms with Gasteiger partial charge in [-0.15, -0.1) is 0 Å². The van der Waals surface area contributed by atoms with Crippen molar-refractivity contribution >= 4 is 11.8 Å². The summed E-state index contributed by atoms with van der Waals surface area (Å²) >= 11 is 1.43. The van der Waals surface area contributed by atoms with Crippen LogP contribution in [0.3, 0.4) is 0 Å². The van der Waals surface area contributed by atoms with E-state index < -0.39 is 0 Å². The molecule has 2 aromatic heterocycles. The number of hydrogen-bond donors (Lipinski definition) is 0. The Kier molecular flexibility index (Phi) is 4.53. The molecule has 0 aliphatic rings. The van der Waals surface area contributed by atoms with Crippen LogP contribution >= 0.6 is 11.8 Å². The molecule has 0 unspecified atom stereocenters. The molecular weight excluding hydrogens is 356 g/mol. The van der Waals surface area contributed by atoms with E-state index in [1.807, 2.05) is 6.07 Å². The first-order chi connectivity index (χ1) is 12.7. The molecule has 0 radical (unpaired) electrons. The van der Waals surface area contributed by atoms with Crippen molar-refractivity contribution in [2.24, 2.45) is 0 Å². The number of thioether (sulfide) groups is 1. The summed E-state index contributed by atoms with van der Waals surface area (Å²) in [6.07, 6.45) is 5.05. The zero-order valence-corrected chi connectivity index (χ0v) is 14.3. The number of rotatable bonds is 5. The number of hydrogen-bond acceptors (Lipinski definition) is 4. The first kappa shape index (κ1) is 16.5. The summed E-state index contributed by atoms with van der Waals surface area (Å²) < 4.78 is 34.0. The number of benzene rings is 2. The molecule has 26 heavy (non-hydrogen) atoms. The van der Waals surface area contributed by atoms with E-state index >= 15 is 0 Å². The highest BCUT2D eigenvalue weighted by Gasteiger charge is 2.11. The molecule has 0 aliphatic carbocycles. The highest BCUT2D eigenvalue weighted by atomic mass is 32.2. The Hall–Kier alpha value is -2.93. The van der Waals surface area contributed by atoms with Gasteiger partial charge in [0, 0.05) is 18.0 Å². The van der Waals surface area contributed by atoms with Crippen molar-refractivity contribution in [3.05, 3.63) is 84.6 Å². The van der Waals surface area contributed by atoms with Crippen molar-refractivity contribution in [3.63, 3.8) is 0 Å². The SMILES string of the molecule is Fc1ccc(-c2cnc(CSc3nccn3-c3cccc(F)c3)o2)cc1. The van der Waals surface area contributed by atoms with E-state index in [1.165, 1.54) is 36.0 Å². The standard InChI is InChI=1S/C19H13F2N3OS/c20-14-6-4-13(5-7-14)17-11-23-18(25-17)12-26-19-22-8-9-24(19)16-3-1-2-15(21)10-16/h1-11H,12H2. The third-order valence-corrected chi connectivity index (χ3v) is 4.65. The van der Waals surface area contributed by atoms with Gasteiger partial charge in [0.05, 0.1) is 17.6 Å². The van der Waals surface area contributed by atoms with Gasteiger partial charge in [-0.1, -0.05) is 17.8 Å². The van der Waals surface area contributed by atoms with Gasteiger partial charge in [0.2, 0.25) is 5.89 Å². The molecule has 4 rings (SSSR count). The van der Waals surface area contributed by atoms with Gasteiger partial charge in [0.15, 0.2) is 10.9 Å². The predicted molar refractivity (Wildman–Crippen MR) is 95.0 cm³/mol. The molecule has 0 atom stereocenters. The summed E-state index contributed by atoms with van der Waals surface area (Å²) in [5.41, 5.74) is 1.46. The van der Waals surface area contributed by atoms with Crippen molar-refractivity contribution in [1.29, 1.82) is 0 Å². The van der Waals surface area contributed by atoms with E-state index in [-0.39, 0.29) is 11.6 Å². The average molecular weight is 369 g/mol.